The van der Waals surface area contributed by atoms with Crippen molar-refractivity contribution in [2.45, 2.75) is 0 Å². The molecule has 0 aliphatic rings. The lowest BCUT2D eigenvalue weighted by Gasteiger charge is -2.06. The number of imidazole rings is 1. The van der Waals surface area contributed by atoms with Crippen LogP contribution < -0.4 is 4.90 Å². The molecular weight excluding hydrogens is 204 g/mol. The van der Waals surface area contributed by atoms with Crippen LogP contribution in [-0.4, -0.2) is 28.4 Å². The van der Waals surface area contributed by atoms with Crippen LogP contribution in [0.15, 0.2) is 11.6 Å². The van der Waals surface area contributed by atoms with Crippen molar-refractivity contribution >= 4 is 27.9 Å². The molecule has 0 bridgehead atoms. The van der Waals surface area contributed by atoms with Gasteiger partial charge in [0.05, 0.1) is 0 Å². The molecule has 0 N–H and O–H groups in total. The summed E-state index contributed by atoms with van der Waals surface area (Å²) in [4.78, 5) is 16.8. The third-order valence-corrected chi connectivity index (χ3v) is 2.57. The average molecular weight is 212 g/mol. The molecule has 0 radical (unpaired) electrons. The van der Waals surface area contributed by atoms with E-state index in [9.17, 15) is 10.1 Å². The van der Waals surface area contributed by atoms with E-state index in [1.807, 2.05) is 0 Å². The zero-order chi connectivity index (χ0) is 10.3. The monoisotopic (exact) mass is 212 g/mol. The van der Waals surface area contributed by atoms with E-state index in [0.29, 0.717) is 10.8 Å². The van der Waals surface area contributed by atoms with Crippen molar-refractivity contribution in [3.05, 3.63) is 21.7 Å². The Balaban J connectivity index is 2.76. The van der Waals surface area contributed by atoms with Crippen LogP contribution >= 0.6 is 11.3 Å². The van der Waals surface area contributed by atoms with Gasteiger partial charge in [-0.2, -0.15) is 9.38 Å². The smallest absolute Gasteiger partial charge is 0.358 e. The first-order valence-corrected chi connectivity index (χ1v) is 4.76. The molecule has 0 aliphatic heterocycles. The van der Waals surface area contributed by atoms with Crippen LogP contribution in [0.25, 0.3) is 4.96 Å². The standard InChI is InChI=1S/C7H8N4O2S/c1-9(2)5-6(11(12)13)10-3-4-14-7(10)8-5/h3-4H,1-2H3. The van der Waals surface area contributed by atoms with E-state index in [2.05, 4.69) is 4.98 Å². The summed E-state index contributed by atoms with van der Waals surface area (Å²) in [5, 5.41) is 12.6. The molecule has 0 unspecified atom stereocenters. The number of rotatable bonds is 2. The Hall–Kier alpha value is -1.63. The Morgan fingerprint density at radius 1 is 1.64 bits per heavy atom. The maximum absolute atomic E-state index is 10.8. The first kappa shape index (κ1) is 8.95. The van der Waals surface area contributed by atoms with Crippen molar-refractivity contribution in [3.63, 3.8) is 0 Å². The third kappa shape index (κ3) is 1.13. The summed E-state index contributed by atoms with van der Waals surface area (Å²) in [6.07, 6.45) is 1.65. The predicted molar refractivity (Wildman–Crippen MR) is 54.1 cm³/mol. The molecule has 0 saturated heterocycles. The molecule has 14 heavy (non-hydrogen) atoms. The van der Waals surface area contributed by atoms with E-state index in [4.69, 9.17) is 0 Å². The molecule has 74 valence electrons. The number of thiazole rings is 1. The highest BCUT2D eigenvalue weighted by Crippen LogP contribution is 2.29. The number of nitro groups is 1. The van der Waals surface area contributed by atoms with E-state index in [0.717, 1.165) is 0 Å². The fourth-order valence-electron chi connectivity index (χ4n) is 1.23. The Morgan fingerprint density at radius 2 is 2.36 bits per heavy atom. The number of aromatic nitrogens is 2. The number of fused-ring (bicyclic) bond motifs is 1. The maximum atomic E-state index is 10.8. The van der Waals surface area contributed by atoms with Gasteiger partial charge in [-0.15, -0.1) is 0 Å². The highest BCUT2D eigenvalue weighted by molar-refractivity contribution is 7.15. The molecule has 2 heterocycles. The molecule has 0 atom stereocenters. The minimum Gasteiger partial charge on any atom is -0.358 e. The SMILES string of the molecule is CN(C)c1nc2sccn2c1[N+](=O)[O-]. The van der Waals surface area contributed by atoms with E-state index in [-0.39, 0.29) is 5.82 Å². The quantitative estimate of drug-likeness (QED) is 0.557. The fourth-order valence-corrected chi connectivity index (χ4v) is 1.94. The lowest BCUT2D eigenvalue weighted by Crippen LogP contribution is -2.11. The molecule has 2 rings (SSSR count). The lowest BCUT2D eigenvalue weighted by atomic mass is 10.6. The summed E-state index contributed by atoms with van der Waals surface area (Å²) < 4.78 is 1.49. The molecule has 0 spiro atoms. The molecule has 0 saturated carbocycles. The van der Waals surface area contributed by atoms with Gasteiger partial charge in [0.25, 0.3) is 4.96 Å². The van der Waals surface area contributed by atoms with Crippen LogP contribution in [0.4, 0.5) is 11.6 Å². The highest BCUT2D eigenvalue weighted by atomic mass is 32.1. The zero-order valence-electron chi connectivity index (χ0n) is 7.67. The number of anilines is 1. The second-order valence-electron chi connectivity index (χ2n) is 2.97. The van der Waals surface area contributed by atoms with E-state index in [1.165, 1.54) is 15.7 Å². The molecule has 7 heteroatoms. The van der Waals surface area contributed by atoms with Crippen molar-refractivity contribution in [1.82, 2.24) is 9.38 Å². The van der Waals surface area contributed by atoms with Crippen LogP contribution in [0.1, 0.15) is 0 Å². The first-order valence-electron chi connectivity index (χ1n) is 3.88. The van der Waals surface area contributed by atoms with Gasteiger partial charge >= 0.3 is 5.82 Å². The second kappa shape index (κ2) is 2.95. The van der Waals surface area contributed by atoms with Gasteiger partial charge in [0.15, 0.2) is 0 Å². The fraction of sp³-hybridized carbons (Fsp3) is 0.286. The molecule has 0 aliphatic carbocycles. The number of hydrogen-bond acceptors (Lipinski definition) is 5. The lowest BCUT2D eigenvalue weighted by molar-refractivity contribution is -0.389. The van der Waals surface area contributed by atoms with Crippen LogP contribution in [0.2, 0.25) is 0 Å². The van der Waals surface area contributed by atoms with Gasteiger partial charge in [0.2, 0.25) is 5.82 Å². The Labute approximate surface area is 83.6 Å². The van der Waals surface area contributed by atoms with E-state index < -0.39 is 4.92 Å². The number of hydrogen-bond donors (Lipinski definition) is 0. The Kier molecular flexibility index (Phi) is 1.88. The summed E-state index contributed by atoms with van der Waals surface area (Å²) >= 11 is 1.38. The largest absolute Gasteiger partial charge is 0.373 e. The second-order valence-corrected chi connectivity index (χ2v) is 3.84. The summed E-state index contributed by atoms with van der Waals surface area (Å²) in [6, 6.07) is 0. The van der Waals surface area contributed by atoms with Crippen molar-refractivity contribution < 1.29 is 4.92 Å². The van der Waals surface area contributed by atoms with Gasteiger partial charge in [-0.1, -0.05) is 11.3 Å². The summed E-state index contributed by atoms with van der Waals surface area (Å²) in [5.74, 6) is 0.410. The van der Waals surface area contributed by atoms with Gasteiger partial charge in [0.1, 0.15) is 6.20 Å². The van der Waals surface area contributed by atoms with Crippen LogP contribution in [0, 0.1) is 10.1 Å². The van der Waals surface area contributed by atoms with Gasteiger partial charge < -0.3 is 15.0 Å². The topological polar surface area (TPSA) is 63.7 Å². The van der Waals surface area contributed by atoms with Crippen LogP contribution in [0.5, 0.6) is 0 Å². The van der Waals surface area contributed by atoms with Crippen molar-refractivity contribution in [2.24, 2.45) is 0 Å². The van der Waals surface area contributed by atoms with E-state index >= 15 is 0 Å². The molecule has 2 aromatic heterocycles. The van der Waals surface area contributed by atoms with Crippen molar-refractivity contribution in [3.8, 4) is 0 Å². The van der Waals surface area contributed by atoms with Gasteiger partial charge in [0, 0.05) is 19.5 Å². The molecule has 0 amide bonds. The van der Waals surface area contributed by atoms with Crippen molar-refractivity contribution in [2.75, 3.05) is 19.0 Å². The minimum atomic E-state index is -0.415. The normalized spacial score (nSPS) is 10.7. The van der Waals surface area contributed by atoms with Crippen LogP contribution in [-0.2, 0) is 0 Å². The Morgan fingerprint density at radius 3 is 2.93 bits per heavy atom. The third-order valence-electron chi connectivity index (χ3n) is 1.82. The predicted octanol–water partition coefficient (Wildman–Crippen LogP) is 1.37. The molecular formula is C7H8N4O2S. The highest BCUT2D eigenvalue weighted by Gasteiger charge is 2.24. The molecule has 0 fully saturated rings. The average Bonchev–Trinajstić information content (AvgIpc) is 2.58. The summed E-state index contributed by atoms with van der Waals surface area (Å²) in [7, 11) is 3.47. The van der Waals surface area contributed by atoms with Crippen LogP contribution in [0.3, 0.4) is 0 Å². The molecule has 6 nitrogen and oxygen atoms in total. The van der Waals surface area contributed by atoms with Crippen molar-refractivity contribution in [1.29, 1.82) is 0 Å². The summed E-state index contributed by atoms with van der Waals surface area (Å²) in [6.45, 7) is 0. The molecule has 2 aromatic rings. The minimum absolute atomic E-state index is 0.0197. The van der Waals surface area contributed by atoms with Gasteiger partial charge in [-0.05, 0) is 4.92 Å². The van der Waals surface area contributed by atoms with Gasteiger partial charge in [-0.3, -0.25) is 0 Å². The molecule has 0 aromatic carbocycles. The summed E-state index contributed by atoms with van der Waals surface area (Å²) in [5.41, 5.74) is 0. The van der Waals surface area contributed by atoms with E-state index in [1.54, 1.807) is 30.6 Å². The maximum Gasteiger partial charge on any atom is 0.373 e. The first-order chi connectivity index (χ1) is 6.61. The van der Waals surface area contributed by atoms with Gasteiger partial charge in [-0.25, -0.2) is 0 Å². The Bertz CT molecular complexity index is 487. The zero-order valence-corrected chi connectivity index (χ0v) is 8.48. The number of nitrogens with zero attached hydrogens (tertiary/aromatic N) is 4.